The van der Waals surface area contributed by atoms with Crippen LogP contribution in [-0.4, -0.2) is 32.1 Å². The maximum Gasteiger partial charge on any atom is 0.350 e. The molecular formula is C14H11N5O3S. The van der Waals surface area contributed by atoms with Gasteiger partial charge in [-0.2, -0.15) is 4.68 Å². The van der Waals surface area contributed by atoms with Crippen LogP contribution in [0.25, 0.3) is 5.69 Å². The summed E-state index contributed by atoms with van der Waals surface area (Å²) >= 11 is 1.22. The fourth-order valence-corrected chi connectivity index (χ4v) is 2.77. The Bertz CT molecular complexity index is 844. The van der Waals surface area contributed by atoms with Crippen molar-refractivity contribution in [3.8, 4) is 5.69 Å². The Morgan fingerprint density at radius 1 is 1.26 bits per heavy atom. The van der Waals surface area contributed by atoms with Crippen LogP contribution >= 0.6 is 11.3 Å². The van der Waals surface area contributed by atoms with Crippen molar-refractivity contribution in [3.05, 3.63) is 58.0 Å². The van der Waals surface area contributed by atoms with Gasteiger partial charge in [0.15, 0.2) is 0 Å². The van der Waals surface area contributed by atoms with Crippen molar-refractivity contribution in [2.24, 2.45) is 5.73 Å². The molecule has 9 heteroatoms. The number of tetrazole rings is 1. The Balaban J connectivity index is 1.77. The Labute approximate surface area is 134 Å². The van der Waals surface area contributed by atoms with Crippen LogP contribution in [0.3, 0.4) is 0 Å². The third-order valence-corrected chi connectivity index (χ3v) is 3.95. The van der Waals surface area contributed by atoms with Gasteiger partial charge in [0.2, 0.25) is 5.91 Å². The second-order valence-corrected chi connectivity index (χ2v) is 5.40. The molecule has 0 aliphatic carbocycles. The monoisotopic (exact) mass is 329 g/mol. The lowest BCUT2D eigenvalue weighted by Crippen LogP contribution is -2.15. The van der Waals surface area contributed by atoms with Gasteiger partial charge in [-0.25, -0.2) is 4.79 Å². The second kappa shape index (κ2) is 6.36. The number of carbonyl (C=O) groups is 2. The number of aromatic nitrogens is 4. The van der Waals surface area contributed by atoms with Gasteiger partial charge in [0.05, 0.1) is 5.69 Å². The minimum Gasteiger partial charge on any atom is -0.457 e. The predicted molar refractivity (Wildman–Crippen MR) is 81.1 cm³/mol. The van der Waals surface area contributed by atoms with E-state index in [2.05, 4.69) is 15.5 Å². The van der Waals surface area contributed by atoms with Gasteiger partial charge in [0, 0.05) is 11.1 Å². The summed E-state index contributed by atoms with van der Waals surface area (Å²) in [5, 5.41) is 12.6. The summed E-state index contributed by atoms with van der Waals surface area (Å²) in [6, 6.07) is 8.43. The molecule has 0 radical (unpaired) electrons. The average molecular weight is 329 g/mol. The number of hydrogen-bond acceptors (Lipinski definition) is 7. The van der Waals surface area contributed by atoms with E-state index in [0.29, 0.717) is 21.7 Å². The van der Waals surface area contributed by atoms with Gasteiger partial charge in [-0.05, 0) is 27.9 Å². The van der Waals surface area contributed by atoms with E-state index in [0.717, 1.165) is 0 Å². The van der Waals surface area contributed by atoms with Crippen molar-refractivity contribution in [1.29, 1.82) is 0 Å². The van der Waals surface area contributed by atoms with Crippen LogP contribution in [0.4, 0.5) is 0 Å². The van der Waals surface area contributed by atoms with Gasteiger partial charge in [-0.3, -0.25) is 4.79 Å². The summed E-state index contributed by atoms with van der Waals surface area (Å²) in [6.07, 6.45) is 1.39. The minimum absolute atomic E-state index is 0.0507. The van der Waals surface area contributed by atoms with E-state index in [4.69, 9.17) is 10.5 Å². The van der Waals surface area contributed by atoms with Crippen LogP contribution in [0.1, 0.15) is 25.6 Å². The number of primary amides is 1. The molecule has 0 atom stereocenters. The van der Waals surface area contributed by atoms with Gasteiger partial charge in [0.1, 0.15) is 17.8 Å². The normalized spacial score (nSPS) is 10.4. The molecule has 8 nitrogen and oxygen atoms in total. The Kier molecular flexibility index (Phi) is 4.11. The molecule has 0 saturated heterocycles. The van der Waals surface area contributed by atoms with Crippen molar-refractivity contribution in [2.45, 2.75) is 6.61 Å². The molecule has 2 N–H and O–H groups in total. The quantitative estimate of drug-likeness (QED) is 0.703. The number of hydrogen-bond donors (Lipinski definition) is 1. The number of nitrogens with two attached hydrogens (primary N) is 1. The van der Waals surface area contributed by atoms with Crippen LogP contribution < -0.4 is 5.73 Å². The zero-order chi connectivity index (χ0) is 16.2. The molecule has 0 spiro atoms. The third kappa shape index (κ3) is 3.09. The highest BCUT2D eigenvalue weighted by atomic mass is 32.1. The number of rotatable bonds is 5. The van der Waals surface area contributed by atoms with Crippen LogP contribution in [0.15, 0.2) is 42.0 Å². The van der Waals surface area contributed by atoms with Crippen LogP contribution in [-0.2, 0) is 11.3 Å². The maximum absolute atomic E-state index is 12.3. The number of carbonyl (C=O) groups excluding carboxylic acids is 2. The molecule has 0 aliphatic heterocycles. The Morgan fingerprint density at radius 3 is 2.83 bits per heavy atom. The minimum atomic E-state index is -0.567. The first-order valence-electron chi connectivity index (χ1n) is 6.52. The van der Waals surface area contributed by atoms with E-state index in [1.54, 1.807) is 35.7 Å². The molecule has 2 aromatic heterocycles. The molecule has 3 rings (SSSR count). The Morgan fingerprint density at radius 2 is 2.09 bits per heavy atom. The first-order chi connectivity index (χ1) is 11.2. The summed E-state index contributed by atoms with van der Waals surface area (Å²) in [4.78, 5) is 24.0. The largest absolute Gasteiger partial charge is 0.457 e. The van der Waals surface area contributed by atoms with Gasteiger partial charge in [0.25, 0.3) is 0 Å². The lowest BCUT2D eigenvalue weighted by molar-refractivity contribution is 0.0476. The molecule has 0 fully saturated rings. The number of amides is 1. The molecule has 0 aliphatic rings. The van der Waals surface area contributed by atoms with Gasteiger partial charge < -0.3 is 10.5 Å². The van der Waals surface area contributed by atoms with Crippen molar-refractivity contribution in [2.75, 3.05) is 0 Å². The number of esters is 1. The summed E-state index contributed by atoms with van der Waals surface area (Å²) in [5.74, 6) is -1.09. The van der Waals surface area contributed by atoms with Crippen molar-refractivity contribution < 1.29 is 14.3 Å². The SMILES string of the molecule is NC(=O)c1ccccc1COC(=O)c1sccc1-n1cnnn1. The van der Waals surface area contributed by atoms with Crippen LogP contribution in [0, 0.1) is 0 Å². The number of ether oxygens (including phenoxy) is 1. The lowest BCUT2D eigenvalue weighted by Gasteiger charge is -2.08. The van der Waals surface area contributed by atoms with Gasteiger partial charge in [-0.1, -0.05) is 18.2 Å². The second-order valence-electron chi connectivity index (χ2n) is 4.49. The summed E-state index contributed by atoms with van der Waals surface area (Å²) in [7, 11) is 0. The van der Waals surface area contributed by atoms with Crippen molar-refractivity contribution >= 4 is 23.2 Å². The number of benzene rings is 1. The standard InChI is InChI=1S/C14H11N5O3S/c15-13(20)10-4-2-1-3-9(10)7-22-14(21)12-11(5-6-23-12)19-8-16-17-18-19/h1-6,8H,7H2,(H2,15,20). The van der Waals surface area contributed by atoms with Crippen LogP contribution in [0.5, 0.6) is 0 Å². The molecule has 116 valence electrons. The van der Waals surface area contributed by atoms with E-state index in [1.165, 1.54) is 22.3 Å². The zero-order valence-electron chi connectivity index (χ0n) is 11.7. The Hall–Kier alpha value is -3.07. The van der Waals surface area contributed by atoms with E-state index >= 15 is 0 Å². The van der Waals surface area contributed by atoms with E-state index < -0.39 is 11.9 Å². The maximum atomic E-state index is 12.3. The molecule has 1 amide bonds. The molecular weight excluding hydrogens is 318 g/mol. The molecule has 2 heterocycles. The first-order valence-corrected chi connectivity index (χ1v) is 7.40. The van der Waals surface area contributed by atoms with Gasteiger partial charge >= 0.3 is 5.97 Å². The summed E-state index contributed by atoms with van der Waals surface area (Å²) < 4.78 is 6.66. The lowest BCUT2D eigenvalue weighted by atomic mass is 10.1. The average Bonchev–Trinajstić information content (AvgIpc) is 3.23. The number of nitrogens with zero attached hydrogens (tertiary/aromatic N) is 4. The highest BCUT2D eigenvalue weighted by Gasteiger charge is 2.18. The van der Waals surface area contributed by atoms with Crippen LogP contribution in [0.2, 0.25) is 0 Å². The molecule has 3 aromatic rings. The third-order valence-electron chi connectivity index (χ3n) is 3.07. The highest BCUT2D eigenvalue weighted by molar-refractivity contribution is 7.12. The molecule has 1 aromatic carbocycles. The summed E-state index contributed by atoms with van der Waals surface area (Å²) in [5.41, 5.74) is 6.71. The smallest absolute Gasteiger partial charge is 0.350 e. The first kappa shape index (κ1) is 14.9. The topological polar surface area (TPSA) is 113 Å². The summed E-state index contributed by atoms with van der Waals surface area (Å²) in [6.45, 7) is -0.0507. The van der Waals surface area contributed by atoms with Crippen molar-refractivity contribution in [3.63, 3.8) is 0 Å². The highest BCUT2D eigenvalue weighted by Crippen LogP contribution is 2.22. The van der Waals surface area contributed by atoms with E-state index in [1.807, 2.05) is 0 Å². The van der Waals surface area contributed by atoms with Crippen molar-refractivity contribution in [1.82, 2.24) is 20.2 Å². The van der Waals surface area contributed by atoms with Gasteiger partial charge in [-0.15, -0.1) is 16.4 Å². The molecule has 23 heavy (non-hydrogen) atoms. The fourth-order valence-electron chi connectivity index (χ4n) is 2.00. The molecule has 0 unspecified atom stereocenters. The zero-order valence-corrected chi connectivity index (χ0v) is 12.6. The van der Waals surface area contributed by atoms with E-state index in [9.17, 15) is 9.59 Å². The predicted octanol–water partition coefficient (Wildman–Crippen LogP) is 1.18. The molecule has 0 bridgehead atoms. The molecule has 0 saturated carbocycles. The number of thiophene rings is 1. The fraction of sp³-hybridized carbons (Fsp3) is 0.0714. The van der Waals surface area contributed by atoms with E-state index in [-0.39, 0.29) is 6.61 Å².